The topological polar surface area (TPSA) is 85.5 Å². The van der Waals surface area contributed by atoms with Crippen molar-refractivity contribution in [3.63, 3.8) is 0 Å². The van der Waals surface area contributed by atoms with Crippen LogP contribution in [0.5, 0.6) is 5.75 Å². The van der Waals surface area contributed by atoms with E-state index in [2.05, 4.69) is 4.98 Å². The van der Waals surface area contributed by atoms with Gasteiger partial charge in [0.15, 0.2) is 0 Å². The fourth-order valence-corrected chi connectivity index (χ4v) is 5.50. The van der Waals surface area contributed by atoms with Gasteiger partial charge in [0.1, 0.15) is 5.75 Å². The van der Waals surface area contributed by atoms with Crippen molar-refractivity contribution < 1.29 is 27.5 Å². The second-order valence-electron chi connectivity index (χ2n) is 10.2. The van der Waals surface area contributed by atoms with Crippen molar-refractivity contribution in [3.05, 3.63) is 119 Å². The quantitative estimate of drug-likeness (QED) is 0.224. The zero-order valence-corrected chi connectivity index (χ0v) is 22.5. The van der Waals surface area contributed by atoms with E-state index in [0.717, 1.165) is 34.5 Å². The number of nitrogens with two attached hydrogens (primary N) is 1. The predicted octanol–water partition coefficient (Wildman–Crippen LogP) is 5.92. The van der Waals surface area contributed by atoms with Gasteiger partial charge in [0.2, 0.25) is 5.91 Å². The summed E-state index contributed by atoms with van der Waals surface area (Å²) in [6.07, 6.45) is -2.21. The third-order valence-electron chi connectivity index (χ3n) is 7.48. The summed E-state index contributed by atoms with van der Waals surface area (Å²) < 4.78 is 45.0. The molecule has 3 aromatic carbocycles. The van der Waals surface area contributed by atoms with Crippen LogP contribution < -0.4 is 10.5 Å². The van der Waals surface area contributed by atoms with Crippen LogP contribution in [0.4, 0.5) is 13.2 Å². The Hall–Kier alpha value is -4.50. The summed E-state index contributed by atoms with van der Waals surface area (Å²) in [5.74, 6) is -1.32. The highest BCUT2D eigenvalue weighted by atomic mass is 19.4. The average molecular weight is 560 g/mol. The maximum Gasteiger partial charge on any atom is 0.416 e. The first-order valence-electron chi connectivity index (χ1n) is 13.0. The number of carbonyl (C=O) groups excluding carboxylic acids is 2. The first-order chi connectivity index (χ1) is 19.5. The monoisotopic (exact) mass is 559 g/mol. The Kier molecular flexibility index (Phi) is 7.64. The van der Waals surface area contributed by atoms with Gasteiger partial charge in [0.05, 0.1) is 22.7 Å². The van der Waals surface area contributed by atoms with Gasteiger partial charge in [-0.05, 0) is 90.7 Å². The smallest absolute Gasteiger partial charge is 0.416 e. The molecule has 9 heteroatoms. The van der Waals surface area contributed by atoms with Crippen molar-refractivity contribution in [1.29, 1.82) is 0 Å². The molecule has 2 N–H and O–H groups in total. The molecule has 1 heterocycles. The Morgan fingerprint density at radius 1 is 1.02 bits per heavy atom. The largest absolute Gasteiger partial charge is 0.423 e. The van der Waals surface area contributed by atoms with Crippen LogP contribution in [0, 0.1) is 6.92 Å². The van der Waals surface area contributed by atoms with E-state index >= 15 is 0 Å². The Labute approximate surface area is 235 Å². The molecule has 5 rings (SSSR count). The van der Waals surface area contributed by atoms with Gasteiger partial charge in [-0.25, -0.2) is 4.79 Å². The van der Waals surface area contributed by atoms with E-state index in [4.69, 9.17) is 10.5 Å². The molecule has 0 aliphatic heterocycles. The molecule has 6 nitrogen and oxygen atoms in total. The number of halogens is 3. The molecule has 0 saturated heterocycles. The SMILES string of the molecule is Cc1cccc(C(=O)Oc2ccc3c(c2)CC(N(C)Cc2ccccn2)C3C(N)=O)c1-c1ccc(C(F)(F)F)cc1. The number of nitrogens with zero attached hydrogens (tertiary/aromatic N) is 2. The summed E-state index contributed by atoms with van der Waals surface area (Å²) in [4.78, 5) is 32.3. The first-order valence-corrected chi connectivity index (χ1v) is 13.0. The van der Waals surface area contributed by atoms with Crippen molar-refractivity contribution in [3.8, 4) is 16.9 Å². The summed E-state index contributed by atoms with van der Waals surface area (Å²) in [6.45, 7) is 2.32. The highest BCUT2D eigenvalue weighted by Gasteiger charge is 2.39. The van der Waals surface area contributed by atoms with E-state index in [0.29, 0.717) is 29.8 Å². The summed E-state index contributed by atoms with van der Waals surface area (Å²) in [6, 6.07) is 20.3. The highest BCUT2D eigenvalue weighted by molar-refractivity contribution is 5.99. The molecule has 0 radical (unpaired) electrons. The van der Waals surface area contributed by atoms with Crippen LogP contribution in [-0.2, 0) is 23.9 Å². The van der Waals surface area contributed by atoms with E-state index in [1.54, 1.807) is 49.5 Å². The number of aryl methyl sites for hydroxylation is 1. The normalized spacial score (nSPS) is 16.4. The number of rotatable bonds is 7. The number of alkyl halides is 3. The van der Waals surface area contributed by atoms with Crippen molar-refractivity contribution in [2.75, 3.05) is 7.05 Å². The van der Waals surface area contributed by atoms with Gasteiger partial charge in [-0.1, -0.05) is 36.4 Å². The number of likely N-dealkylation sites (N-methyl/N-ethyl adjacent to an activating group) is 1. The van der Waals surface area contributed by atoms with E-state index in [1.807, 2.05) is 30.1 Å². The van der Waals surface area contributed by atoms with Gasteiger partial charge in [0.25, 0.3) is 0 Å². The summed E-state index contributed by atoms with van der Waals surface area (Å²) in [7, 11) is 1.92. The Morgan fingerprint density at radius 3 is 2.44 bits per heavy atom. The number of hydrogen-bond donors (Lipinski definition) is 1. The number of esters is 1. The van der Waals surface area contributed by atoms with E-state index < -0.39 is 29.5 Å². The summed E-state index contributed by atoms with van der Waals surface area (Å²) >= 11 is 0. The molecule has 1 aliphatic rings. The minimum atomic E-state index is -4.46. The molecule has 2 atom stereocenters. The zero-order chi connectivity index (χ0) is 29.3. The number of primary amides is 1. The Morgan fingerprint density at radius 2 is 1.78 bits per heavy atom. The molecule has 41 heavy (non-hydrogen) atoms. The van der Waals surface area contributed by atoms with Crippen molar-refractivity contribution in [1.82, 2.24) is 9.88 Å². The number of amides is 1. The maximum atomic E-state index is 13.3. The minimum absolute atomic E-state index is 0.196. The Balaban J connectivity index is 1.39. The number of aromatic nitrogens is 1. The molecule has 0 saturated carbocycles. The van der Waals surface area contributed by atoms with Gasteiger partial charge < -0.3 is 10.5 Å². The number of ether oxygens (including phenoxy) is 1. The molecule has 210 valence electrons. The molecular weight excluding hydrogens is 531 g/mol. The average Bonchev–Trinajstić information content (AvgIpc) is 3.32. The second-order valence-corrected chi connectivity index (χ2v) is 10.2. The van der Waals surface area contributed by atoms with Gasteiger partial charge >= 0.3 is 12.1 Å². The number of fused-ring (bicyclic) bond motifs is 1. The number of carbonyl (C=O) groups is 2. The molecular formula is C32H28F3N3O3. The van der Waals surface area contributed by atoms with E-state index in [1.165, 1.54) is 12.1 Å². The van der Waals surface area contributed by atoms with Gasteiger partial charge in [-0.15, -0.1) is 0 Å². The Bertz CT molecular complexity index is 1590. The first kappa shape index (κ1) is 28.0. The van der Waals surface area contributed by atoms with Crippen LogP contribution in [0.2, 0.25) is 0 Å². The van der Waals surface area contributed by atoms with Crippen LogP contribution in [0.1, 0.15) is 44.2 Å². The summed E-state index contributed by atoms with van der Waals surface area (Å²) in [5.41, 5.74) is 9.48. The predicted molar refractivity (Wildman–Crippen MR) is 148 cm³/mol. The second kappa shape index (κ2) is 11.2. The number of pyridine rings is 1. The molecule has 0 fully saturated rings. The summed E-state index contributed by atoms with van der Waals surface area (Å²) in [5, 5.41) is 0. The van der Waals surface area contributed by atoms with Crippen LogP contribution in [0.15, 0.2) is 85.1 Å². The van der Waals surface area contributed by atoms with Crippen molar-refractivity contribution in [2.24, 2.45) is 5.73 Å². The molecule has 1 aliphatic carbocycles. The molecule has 4 aromatic rings. The molecule has 1 amide bonds. The van der Waals surface area contributed by atoms with Crippen molar-refractivity contribution >= 4 is 11.9 Å². The maximum absolute atomic E-state index is 13.3. The van der Waals surface area contributed by atoms with Crippen molar-refractivity contribution in [2.45, 2.75) is 38.0 Å². The van der Waals surface area contributed by atoms with Gasteiger partial charge in [0, 0.05) is 18.8 Å². The van der Waals surface area contributed by atoms with Gasteiger partial charge in [-0.3, -0.25) is 14.7 Å². The third kappa shape index (κ3) is 5.85. The standard InChI is InChI=1S/C32H28F3N3O3/c1-19-6-5-8-26(28(19)20-9-11-22(12-10-20)32(33,34)35)31(40)41-24-13-14-25-21(16-24)17-27(29(25)30(36)39)38(2)18-23-7-3-4-15-37-23/h3-16,27,29H,17-18H2,1-2H3,(H2,36,39). The third-order valence-corrected chi connectivity index (χ3v) is 7.48. The highest BCUT2D eigenvalue weighted by Crippen LogP contribution is 2.39. The lowest BCUT2D eigenvalue weighted by molar-refractivity contribution is -0.137. The number of hydrogen-bond acceptors (Lipinski definition) is 5. The van der Waals surface area contributed by atoms with Crippen LogP contribution in [0.25, 0.3) is 11.1 Å². The zero-order valence-electron chi connectivity index (χ0n) is 22.5. The molecule has 1 aromatic heterocycles. The van der Waals surface area contributed by atoms with E-state index in [9.17, 15) is 22.8 Å². The minimum Gasteiger partial charge on any atom is -0.423 e. The lowest BCUT2D eigenvalue weighted by Crippen LogP contribution is -2.40. The lowest BCUT2D eigenvalue weighted by atomic mass is 9.94. The van der Waals surface area contributed by atoms with Gasteiger partial charge in [-0.2, -0.15) is 13.2 Å². The molecule has 2 unspecified atom stereocenters. The molecule has 0 spiro atoms. The van der Waals surface area contributed by atoms with E-state index in [-0.39, 0.29) is 11.6 Å². The number of benzene rings is 3. The van der Waals surface area contributed by atoms with Crippen LogP contribution >= 0.6 is 0 Å². The lowest BCUT2D eigenvalue weighted by Gasteiger charge is -2.28. The fraction of sp³-hybridized carbons (Fsp3) is 0.219. The molecule has 0 bridgehead atoms. The van der Waals surface area contributed by atoms with Crippen LogP contribution in [0.3, 0.4) is 0 Å². The van der Waals surface area contributed by atoms with Crippen LogP contribution in [-0.4, -0.2) is 34.8 Å². The fourth-order valence-electron chi connectivity index (χ4n) is 5.50.